The van der Waals surface area contributed by atoms with E-state index in [0.717, 1.165) is 25.7 Å². The molecular formula is C17H30BrFN2. The summed E-state index contributed by atoms with van der Waals surface area (Å²) in [4.78, 5) is 4.07. The van der Waals surface area contributed by atoms with Crippen molar-refractivity contribution in [3.63, 3.8) is 0 Å². The summed E-state index contributed by atoms with van der Waals surface area (Å²) < 4.78 is 16.3. The Morgan fingerprint density at radius 1 is 1.05 bits per heavy atom. The molecule has 0 bridgehead atoms. The Balaban J connectivity index is 2.67. The van der Waals surface area contributed by atoms with Crippen molar-refractivity contribution in [1.82, 2.24) is 9.55 Å². The lowest BCUT2D eigenvalue weighted by Crippen LogP contribution is -2.31. The fourth-order valence-corrected chi connectivity index (χ4v) is 3.20. The lowest BCUT2D eigenvalue weighted by molar-refractivity contribution is 0.223. The van der Waals surface area contributed by atoms with E-state index in [0.29, 0.717) is 4.60 Å². The first-order valence-electron chi connectivity index (χ1n) is 8.44. The molecule has 1 aromatic heterocycles. The molecule has 1 unspecified atom stereocenters. The lowest BCUT2D eigenvalue weighted by atomic mass is 9.88. The second kappa shape index (κ2) is 9.60. The van der Waals surface area contributed by atoms with Gasteiger partial charge in [-0.2, -0.15) is 4.39 Å². The van der Waals surface area contributed by atoms with Crippen LogP contribution in [0.3, 0.4) is 0 Å². The Kier molecular flexibility index (Phi) is 8.53. The topological polar surface area (TPSA) is 17.8 Å². The molecule has 0 aliphatic heterocycles. The average molecular weight is 361 g/mol. The quantitative estimate of drug-likeness (QED) is 0.415. The molecule has 0 saturated heterocycles. The second-order valence-corrected chi connectivity index (χ2v) is 7.07. The molecule has 1 rings (SSSR count). The molecular weight excluding hydrogens is 331 g/mol. The number of hydrogen-bond acceptors (Lipinski definition) is 1. The van der Waals surface area contributed by atoms with Crippen LogP contribution in [0.25, 0.3) is 0 Å². The predicted octanol–water partition coefficient (Wildman–Crippen LogP) is 6.44. The Morgan fingerprint density at radius 2 is 1.57 bits per heavy atom. The third kappa shape index (κ3) is 5.72. The zero-order valence-electron chi connectivity index (χ0n) is 13.8. The van der Waals surface area contributed by atoms with Gasteiger partial charge in [0.25, 0.3) is 0 Å². The van der Waals surface area contributed by atoms with Crippen LogP contribution in [0, 0.1) is 5.95 Å². The molecule has 0 saturated carbocycles. The highest BCUT2D eigenvalue weighted by Gasteiger charge is 2.29. The predicted molar refractivity (Wildman–Crippen MR) is 91.1 cm³/mol. The van der Waals surface area contributed by atoms with E-state index >= 15 is 0 Å². The van der Waals surface area contributed by atoms with E-state index in [4.69, 9.17) is 0 Å². The van der Waals surface area contributed by atoms with E-state index in [9.17, 15) is 4.39 Å². The number of rotatable bonds is 11. The summed E-state index contributed by atoms with van der Waals surface area (Å²) >= 11 is 3.19. The molecule has 0 radical (unpaired) electrons. The van der Waals surface area contributed by atoms with Crippen LogP contribution in [0.15, 0.2) is 10.9 Å². The van der Waals surface area contributed by atoms with Gasteiger partial charge in [-0.15, -0.1) is 0 Å². The van der Waals surface area contributed by atoms with Gasteiger partial charge >= 0.3 is 0 Å². The zero-order valence-corrected chi connectivity index (χ0v) is 15.4. The minimum atomic E-state index is -0.234. The van der Waals surface area contributed by atoms with Crippen LogP contribution < -0.4 is 0 Å². The van der Waals surface area contributed by atoms with Gasteiger partial charge in [0.05, 0.1) is 6.33 Å². The van der Waals surface area contributed by atoms with Gasteiger partial charge in [-0.05, 0) is 35.7 Å². The third-order valence-corrected chi connectivity index (χ3v) is 4.92. The number of aromatic nitrogens is 2. The first-order chi connectivity index (χ1) is 10.0. The molecule has 1 aromatic rings. The van der Waals surface area contributed by atoms with E-state index < -0.39 is 0 Å². The molecule has 0 fully saturated rings. The van der Waals surface area contributed by atoms with E-state index in [2.05, 4.69) is 41.7 Å². The van der Waals surface area contributed by atoms with Crippen molar-refractivity contribution in [2.75, 3.05) is 0 Å². The van der Waals surface area contributed by atoms with Gasteiger partial charge in [0.1, 0.15) is 0 Å². The van der Waals surface area contributed by atoms with Gasteiger partial charge in [0.2, 0.25) is 5.95 Å². The minimum Gasteiger partial charge on any atom is -0.301 e. The monoisotopic (exact) mass is 360 g/mol. The van der Waals surface area contributed by atoms with Crippen molar-refractivity contribution in [3.8, 4) is 0 Å². The molecule has 0 aliphatic rings. The smallest absolute Gasteiger partial charge is 0.228 e. The summed E-state index contributed by atoms with van der Waals surface area (Å²) in [7, 11) is 0. The Morgan fingerprint density at radius 3 is 2.10 bits per heavy atom. The highest BCUT2D eigenvalue weighted by Crippen LogP contribution is 2.32. The SMILES string of the molecule is CCCCCCCC(C)(CCCCC)n1cnc(Br)c1F. The van der Waals surface area contributed by atoms with Gasteiger partial charge < -0.3 is 4.57 Å². The Labute approximate surface area is 137 Å². The normalized spacial score (nSPS) is 14.3. The number of imidazole rings is 1. The third-order valence-electron chi connectivity index (χ3n) is 4.39. The first kappa shape index (κ1) is 18.7. The van der Waals surface area contributed by atoms with Crippen molar-refractivity contribution < 1.29 is 4.39 Å². The maximum Gasteiger partial charge on any atom is 0.228 e. The lowest BCUT2D eigenvalue weighted by Gasteiger charge is -2.32. The molecule has 2 nitrogen and oxygen atoms in total. The molecule has 0 aromatic carbocycles. The van der Waals surface area contributed by atoms with Crippen LogP contribution in [-0.4, -0.2) is 9.55 Å². The minimum absolute atomic E-state index is 0.148. The number of unbranched alkanes of at least 4 members (excludes halogenated alkanes) is 6. The molecule has 0 amide bonds. The highest BCUT2D eigenvalue weighted by molar-refractivity contribution is 9.10. The highest BCUT2D eigenvalue weighted by atomic mass is 79.9. The van der Waals surface area contributed by atoms with Crippen molar-refractivity contribution >= 4 is 15.9 Å². The van der Waals surface area contributed by atoms with E-state index in [-0.39, 0.29) is 11.5 Å². The zero-order chi connectivity index (χ0) is 15.7. The summed E-state index contributed by atoms with van der Waals surface area (Å²) in [5.41, 5.74) is -0.148. The molecule has 21 heavy (non-hydrogen) atoms. The molecule has 1 atom stereocenters. The van der Waals surface area contributed by atoms with Gasteiger partial charge in [-0.1, -0.05) is 65.2 Å². The molecule has 0 N–H and O–H groups in total. The standard InChI is InChI=1S/C17H30BrFN2/c1-4-6-8-9-11-13-17(3,12-10-7-5-2)21-14-20-15(18)16(21)19/h14H,4-13H2,1-3H3. The molecule has 0 spiro atoms. The number of halogens is 2. The van der Waals surface area contributed by atoms with Crippen molar-refractivity contribution in [2.45, 2.75) is 90.5 Å². The summed E-state index contributed by atoms with van der Waals surface area (Å²) in [5, 5.41) is 0. The summed E-state index contributed by atoms with van der Waals surface area (Å²) in [6, 6.07) is 0. The fraction of sp³-hybridized carbons (Fsp3) is 0.824. The van der Waals surface area contributed by atoms with Crippen LogP contribution in [0.1, 0.15) is 85.0 Å². The first-order valence-corrected chi connectivity index (χ1v) is 9.23. The van der Waals surface area contributed by atoms with Crippen molar-refractivity contribution in [2.24, 2.45) is 0 Å². The van der Waals surface area contributed by atoms with Crippen LogP contribution in [0.4, 0.5) is 4.39 Å². The van der Waals surface area contributed by atoms with Crippen molar-refractivity contribution in [3.05, 3.63) is 16.9 Å². The largest absolute Gasteiger partial charge is 0.301 e. The van der Waals surface area contributed by atoms with Gasteiger partial charge in [0.15, 0.2) is 4.60 Å². The van der Waals surface area contributed by atoms with E-state index in [1.807, 2.05) is 0 Å². The average Bonchev–Trinajstić information content (AvgIpc) is 2.80. The molecule has 0 aliphatic carbocycles. The fourth-order valence-electron chi connectivity index (χ4n) is 2.92. The van der Waals surface area contributed by atoms with Crippen LogP contribution in [0.2, 0.25) is 0 Å². The second-order valence-electron chi connectivity index (χ2n) is 6.31. The number of hydrogen-bond donors (Lipinski definition) is 0. The van der Waals surface area contributed by atoms with Gasteiger partial charge in [0, 0.05) is 5.54 Å². The Bertz CT molecular complexity index is 405. The van der Waals surface area contributed by atoms with Crippen LogP contribution >= 0.6 is 15.9 Å². The summed E-state index contributed by atoms with van der Waals surface area (Å²) in [5.74, 6) is -0.234. The summed E-state index contributed by atoms with van der Waals surface area (Å²) in [6.45, 7) is 6.61. The summed E-state index contributed by atoms with van der Waals surface area (Å²) in [6.07, 6.45) is 13.5. The van der Waals surface area contributed by atoms with Crippen LogP contribution in [0.5, 0.6) is 0 Å². The maximum absolute atomic E-state index is 14.2. The van der Waals surface area contributed by atoms with Gasteiger partial charge in [-0.25, -0.2) is 4.98 Å². The van der Waals surface area contributed by atoms with Gasteiger partial charge in [-0.3, -0.25) is 0 Å². The number of nitrogens with zero attached hydrogens (tertiary/aromatic N) is 2. The molecule has 4 heteroatoms. The van der Waals surface area contributed by atoms with E-state index in [1.54, 1.807) is 10.9 Å². The Hall–Kier alpha value is -0.380. The maximum atomic E-state index is 14.2. The van der Waals surface area contributed by atoms with Crippen LogP contribution in [-0.2, 0) is 5.54 Å². The molecule has 122 valence electrons. The van der Waals surface area contributed by atoms with Crippen molar-refractivity contribution in [1.29, 1.82) is 0 Å². The van der Waals surface area contributed by atoms with E-state index in [1.165, 1.54) is 38.5 Å². The molecule has 1 heterocycles.